The van der Waals surface area contributed by atoms with Crippen molar-refractivity contribution in [3.05, 3.63) is 16.1 Å². The monoisotopic (exact) mass is 240 g/mol. The molecular weight excluding hydrogens is 220 g/mol. The molecular formula is C12H20N2OS. The molecule has 0 aliphatic rings. The number of aryl methyl sites for hydroxylation is 1. The van der Waals surface area contributed by atoms with Gasteiger partial charge in [0.2, 0.25) is 5.91 Å². The fraction of sp³-hybridized carbons (Fsp3) is 0.667. The molecule has 0 spiro atoms. The van der Waals surface area contributed by atoms with Crippen LogP contribution in [0, 0.1) is 12.8 Å². The van der Waals surface area contributed by atoms with Crippen molar-refractivity contribution in [1.82, 2.24) is 10.3 Å². The van der Waals surface area contributed by atoms with Gasteiger partial charge in [0, 0.05) is 11.9 Å². The number of nitrogens with one attached hydrogen (secondary N) is 1. The highest BCUT2D eigenvalue weighted by molar-refractivity contribution is 7.09. The van der Waals surface area contributed by atoms with Crippen molar-refractivity contribution < 1.29 is 4.79 Å². The van der Waals surface area contributed by atoms with Crippen LogP contribution in [-0.2, 0) is 11.2 Å². The number of carbonyl (C=O) groups excluding carboxylic acids is 1. The molecule has 0 bridgehead atoms. The molecule has 16 heavy (non-hydrogen) atoms. The van der Waals surface area contributed by atoms with Gasteiger partial charge in [-0.1, -0.05) is 26.7 Å². The highest BCUT2D eigenvalue weighted by Crippen LogP contribution is 2.09. The predicted molar refractivity (Wildman–Crippen MR) is 67.6 cm³/mol. The van der Waals surface area contributed by atoms with E-state index in [0.717, 1.165) is 30.1 Å². The van der Waals surface area contributed by atoms with Gasteiger partial charge >= 0.3 is 0 Å². The SMILES string of the molecule is CCC(CC)CNC(=O)Cc1csc(C)n1. The minimum atomic E-state index is 0.0807. The van der Waals surface area contributed by atoms with Crippen molar-refractivity contribution in [2.75, 3.05) is 6.54 Å². The van der Waals surface area contributed by atoms with E-state index in [9.17, 15) is 4.79 Å². The maximum atomic E-state index is 11.6. The number of thiazole rings is 1. The predicted octanol–water partition coefficient (Wildman–Crippen LogP) is 2.55. The molecule has 3 nitrogen and oxygen atoms in total. The van der Waals surface area contributed by atoms with Gasteiger partial charge in [0.1, 0.15) is 0 Å². The first-order valence-corrected chi connectivity index (χ1v) is 6.71. The highest BCUT2D eigenvalue weighted by atomic mass is 32.1. The molecule has 0 fully saturated rings. The maximum absolute atomic E-state index is 11.6. The summed E-state index contributed by atoms with van der Waals surface area (Å²) < 4.78 is 0. The van der Waals surface area contributed by atoms with Crippen LogP contribution in [0.15, 0.2) is 5.38 Å². The summed E-state index contributed by atoms with van der Waals surface area (Å²) in [4.78, 5) is 15.9. The lowest BCUT2D eigenvalue weighted by molar-refractivity contribution is -0.120. The van der Waals surface area contributed by atoms with Crippen LogP contribution < -0.4 is 5.32 Å². The maximum Gasteiger partial charge on any atom is 0.226 e. The number of amides is 1. The number of aromatic nitrogens is 1. The van der Waals surface area contributed by atoms with E-state index < -0.39 is 0 Å². The highest BCUT2D eigenvalue weighted by Gasteiger charge is 2.08. The van der Waals surface area contributed by atoms with Gasteiger partial charge in [-0.05, 0) is 12.8 Å². The summed E-state index contributed by atoms with van der Waals surface area (Å²) >= 11 is 1.59. The van der Waals surface area contributed by atoms with E-state index in [-0.39, 0.29) is 5.91 Å². The van der Waals surface area contributed by atoms with Crippen molar-refractivity contribution >= 4 is 17.2 Å². The standard InChI is InChI=1S/C12H20N2OS/c1-4-10(5-2)7-13-12(15)6-11-8-16-9(3)14-11/h8,10H,4-7H2,1-3H3,(H,13,15). The largest absolute Gasteiger partial charge is 0.355 e. The summed E-state index contributed by atoms with van der Waals surface area (Å²) in [6.07, 6.45) is 2.64. The first-order valence-electron chi connectivity index (χ1n) is 5.83. The topological polar surface area (TPSA) is 42.0 Å². The number of hydrogen-bond donors (Lipinski definition) is 1. The van der Waals surface area contributed by atoms with Gasteiger partial charge in [-0.2, -0.15) is 0 Å². The Balaban J connectivity index is 2.31. The van der Waals surface area contributed by atoms with Gasteiger partial charge in [0.05, 0.1) is 17.1 Å². The Morgan fingerprint density at radius 1 is 1.50 bits per heavy atom. The average Bonchev–Trinajstić information content (AvgIpc) is 2.65. The third kappa shape index (κ3) is 4.31. The molecule has 1 heterocycles. The van der Waals surface area contributed by atoms with Gasteiger partial charge in [-0.25, -0.2) is 4.98 Å². The fourth-order valence-corrected chi connectivity index (χ4v) is 2.16. The molecule has 90 valence electrons. The van der Waals surface area contributed by atoms with Gasteiger partial charge in [0.25, 0.3) is 0 Å². The zero-order chi connectivity index (χ0) is 12.0. The Morgan fingerprint density at radius 3 is 2.69 bits per heavy atom. The van der Waals surface area contributed by atoms with Crippen LogP contribution >= 0.6 is 11.3 Å². The molecule has 1 amide bonds. The van der Waals surface area contributed by atoms with Gasteiger partial charge < -0.3 is 5.32 Å². The lowest BCUT2D eigenvalue weighted by atomic mass is 10.0. The lowest BCUT2D eigenvalue weighted by Gasteiger charge is -2.12. The van der Waals surface area contributed by atoms with Crippen LogP contribution in [0.3, 0.4) is 0 Å². The second-order valence-electron chi connectivity index (χ2n) is 4.02. The van der Waals surface area contributed by atoms with E-state index in [1.807, 2.05) is 12.3 Å². The van der Waals surface area contributed by atoms with Crippen LogP contribution in [0.25, 0.3) is 0 Å². The van der Waals surface area contributed by atoms with E-state index in [1.165, 1.54) is 0 Å². The minimum absolute atomic E-state index is 0.0807. The summed E-state index contributed by atoms with van der Waals surface area (Å²) in [5, 5.41) is 5.93. The molecule has 0 atom stereocenters. The molecule has 1 rings (SSSR count). The van der Waals surface area contributed by atoms with Crippen molar-refractivity contribution in [1.29, 1.82) is 0 Å². The fourth-order valence-electron chi connectivity index (χ4n) is 1.55. The number of carbonyl (C=O) groups is 1. The van der Waals surface area contributed by atoms with Crippen molar-refractivity contribution in [3.63, 3.8) is 0 Å². The molecule has 0 saturated carbocycles. The molecule has 0 aromatic carbocycles. The van der Waals surface area contributed by atoms with Crippen molar-refractivity contribution in [3.8, 4) is 0 Å². The number of hydrogen-bond acceptors (Lipinski definition) is 3. The van der Waals surface area contributed by atoms with Gasteiger partial charge in [-0.3, -0.25) is 4.79 Å². The smallest absolute Gasteiger partial charge is 0.226 e. The van der Waals surface area contributed by atoms with Crippen LogP contribution in [0.5, 0.6) is 0 Å². The third-order valence-corrected chi connectivity index (χ3v) is 3.57. The summed E-state index contributed by atoms with van der Waals surface area (Å²) in [5.41, 5.74) is 0.879. The molecule has 0 aliphatic heterocycles. The number of nitrogens with zero attached hydrogens (tertiary/aromatic N) is 1. The Labute approximate surface area is 101 Å². The van der Waals surface area contributed by atoms with Crippen molar-refractivity contribution in [2.24, 2.45) is 5.92 Å². The summed E-state index contributed by atoms with van der Waals surface area (Å²) in [6.45, 7) is 7.06. The number of rotatable bonds is 6. The van der Waals surface area contributed by atoms with Crippen LogP contribution in [0.1, 0.15) is 37.4 Å². The quantitative estimate of drug-likeness (QED) is 0.830. The van der Waals surface area contributed by atoms with Crippen LogP contribution in [0.4, 0.5) is 0 Å². The van der Waals surface area contributed by atoms with Crippen LogP contribution in [0.2, 0.25) is 0 Å². The first kappa shape index (κ1) is 13.2. The van der Waals surface area contributed by atoms with E-state index in [0.29, 0.717) is 12.3 Å². The van der Waals surface area contributed by atoms with Crippen molar-refractivity contribution in [2.45, 2.75) is 40.0 Å². The zero-order valence-electron chi connectivity index (χ0n) is 10.2. The Kier molecular flexibility index (Phi) is 5.46. The molecule has 0 unspecified atom stereocenters. The Hall–Kier alpha value is -0.900. The second-order valence-corrected chi connectivity index (χ2v) is 5.08. The first-order chi connectivity index (χ1) is 7.65. The average molecular weight is 240 g/mol. The second kappa shape index (κ2) is 6.63. The summed E-state index contributed by atoms with van der Waals surface area (Å²) in [6, 6.07) is 0. The van der Waals surface area contributed by atoms with E-state index >= 15 is 0 Å². The molecule has 1 N–H and O–H groups in total. The normalized spacial score (nSPS) is 10.8. The molecule has 0 radical (unpaired) electrons. The van der Waals surface area contributed by atoms with E-state index in [4.69, 9.17) is 0 Å². The van der Waals surface area contributed by atoms with Gasteiger partial charge in [0.15, 0.2) is 0 Å². The Morgan fingerprint density at radius 2 is 2.19 bits per heavy atom. The molecule has 0 aliphatic carbocycles. The summed E-state index contributed by atoms with van der Waals surface area (Å²) in [7, 11) is 0. The lowest BCUT2D eigenvalue weighted by Crippen LogP contribution is -2.30. The zero-order valence-corrected chi connectivity index (χ0v) is 11.1. The summed E-state index contributed by atoms with van der Waals surface area (Å²) in [5.74, 6) is 0.679. The van der Waals surface area contributed by atoms with Crippen LogP contribution in [-0.4, -0.2) is 17.4 Å². The molecule has 1 aromatic rings. The molecule has 0 saturated heterocycles. The Bertz CT molecular complexity index is 332. The third-order valence-electron chi connectivity index (χ3n) is 2.75. The molecule has 1 aromatic heterocycles. The van der Waals surface area contributed by atoms with E-state index in [1.54, 1.807) is 11.3 Å². The molecule has 4 heteroatoms. The minimum Gasteiger partial charge on any atom is -0.355 e. The van der Waals surface area contributed by atoms with Gasteiger partial charge in [-0.15, -0.1) is 11.3 Å². The van der Waals surface area contributed by atoms with E-state index in [2.05, 4.69) is 24.1 Å².